The molecule has 0 radical (unpaired) electrons. The number of thiophene rings is 1. The highest BCUT2D eigenvalue weighted by molar-refractivity contribution is 7.99. The minimum Gasteiger partial charge on any atom is -0.339 e. The predicted molar refractivity (Wildman–Crippen MR) is 97.3 cm³/mol. The summed E-state index contributed by atoms with van der Waals surface area (Å²) in [7, 11) is 0. The molecule has 1 aliphatic heterocycles. The van der Waals surface area contributed by atoms with Crippen molar-refractivity contribution in [2.45, 2.75) is 31.6 Å². The first kappa shape index (κ1) is 17.4. The number of carbonyl (C=O) groups excluding carboxylic acids is 1. The van der Waals surface area contributed by atoms with Gasteiger partial charge in [-0.2, -0.15) is 0 Å². The van der Waals surface area contributed by atoms with Gasteiger partial charge in [0.25, 0.3) is 0 Å². The smallest absolute Gasteiger partial charge is 0.233 e. The molecule has 1 saturated heterocycles. The maximum atomic E-state index is 12.4. The molecule has 0 atom stereocenters. The normalized spacial score (nSPS) is 16.0. The molecule has 130 valence electrons. The van der Waals surface area contributed by atoms with E-state index in [2.05, 4.69) is 46.5 Å². The van der Waals surface area contributed by atoms with Gasteiger partial charge in [-0.15, -0.1) is 21.5 Å². The van der Waals surface area contributed by atoms with Gasteiger partial charge < -0.3 is 9.47 Å². The lowest BCUT2D eigenvalue weighted by molar-refractivity contribution is -0.130. The first-order valence-corrected chi connectivity index (χ1v) is 10.0. The summed E-state index contributed by atoms with van der Waals surface area (Å²) in [5.41, 5.74) is 0. The van der Waals surface area contributed by atoms with Gasteiger partial charge in [0.05, 0.1) is 5.75 Å². The quantitative estimate of drug-likeness (QED) is 0.736. The van der Waals surface area contributed by atoms with Crippen molar-refractivity contribution in [3.05, 3.63) is 28.7 Å². The molecular weight excluding hydrogens is 342 g/mol. The number of hydrogen-bond donors (Lipinski definition) is 0. The molecule has 1 fully saturated rings. The van der Waals surface area contributed by atoms with Gasteiger partial charge in [0.1, 0.15) is 6.33 Å². The van der Waals surface area contributed by atoms with E-state index >= 15 is 0 Å². The first-order chi connectivity index (χ1) is 11.6. The van der Waals surface area contributed by atoms with Gasteiger partial charge in [-0.05, 0) is 25.3 Å². The highest BCUT2D eigenvalue weighted by atomic mass is 32.2. The average Bonchev–Trinajstić information content (AvgIpc) is 3.24. The van der Waals surface area contributed by atoms with Crippen LogP contribution in [-0.4, -0.2) is 62.4 Å². The van der Waals surface area contributed by atoms with E-state index in [0.29, 0.717) is 11.8 Å². The number of thioether (sulfide) groups is 1. The highest BCUT2D eigenvalue weighted by Gasteiger charge is 2.22. The Morgan fingerprint density at radius 1 is 1.33 bits per heavy atom. The Hall–Kier alpha value is -1.38. The largest absolute Gasteiger partial charge is 0.339 e. The van der Waals surface area contributed by atoms with Crippen LogP contribution in [0, 0.1) is 0 Å². The van der Waals surface area contributed by atoms with Crippen LogP contribution in [-0.2, 0) is 11.3 Å². The van der Waals surface area contributed by atoms with Crippen LogP contribution < -0.4 is 0 Å². The van der Waals surface area contributed by atoms with Gasteiger partial charge in [-0.25, -0.2) is 0 Å². The van der Waals surface area contributed by atoms with E-state index in [1.54, 1.807) is 17.7 Å². The van der Waals surface area contributed by atoms with Crippen LogP contribution in [0.15, 0.2) is 29.0 Å². The predicted octanol–water partition coefficient (Wildman–Crippen LogP) is 2.36. The third-order valence-electron chi connectivity index (χ3n) is 4.11. The Morgan fingerprint density at radius 3 is 2.79 bits per heavy atom. The molecule has 0 saturated carbocycles. The average molecular weight is 366 g/mol. The van der Waals surface area contributed by atoms with Crippen molar-refractivity contribution in [2.24, 2.45) is 0 Å². The van der Waals surface area contributed by atoms with Gasteiger partial charge >= 0.3 is 0 Å². The van der Waals surface area contributed by atoms with Crippen LogP contribution in [0.2, 0.25) is 0 Å². The molecule has 6 nitrogen and oxygen atoms in total. The van der Waals surface area contributed by atoms with Crippen molar-refractivity contribution in [2.75, 3.05) is 31.9 Å². The number of aromatic nitrogens is 3. The Morgan fingerprint density at radius 2 is 2.12 bits per heavy atom. The summed E-state index contributed by atoms with van der Waals surface area (Å²) in [4.78, 5) is 18.2. The Kier molecular flexibility index (Phi) is 5.91. The summed E-state index contributed by atoms with van der Waals surface area (Å²) in [6, 6.07) is 4.56. The van der Waals surface area contributed by atoms with Crippen LogP contribution >= 0.6 is 23.1 Å². The van der Waals surface area contributed by atoms with Crippen LogP contribution in [0.5, 0.6) is 0 Å². The number of piperazine rings is 1. The molecule has 0 unspecified atom stereocenters. The van der Waals surface area contributed by atoms with E-state index < -0.39 is 0 Å². The molecule has 8 heteroatoms. The molecule has 2 aromatic rings. The topological polar surface area (TPSA) is 54.3 Å². The SMILES string of the molecule is CC(C)n1cnnc1SCC(=O)N1CCN(Cc2cccs2)CC1. The third kappa shape index (κ3) is 4.37. The molecular formula is C16H23N5OS2. The maximum absolute atomic E-state index is 12.4. The summed E-state index contributed by atoms with van der Waals surface area (Å²) in [5.74, 6) is 0.616. The molecule has 0 aliphatic carbocycles. The summed E-state index contributed by atoms with van der Waals surface area (Å²) >= 11 is 3.27. The summed E-state index contributed by atoms with van der Waals surface area (Å²) < 4.78 is 2.00. The van der Waals surface area contributed by atoms with Crippen molar-refractivity contribution < 1.29 is 4.79 Å². The van der Waals surface area contributed by atoms with Gasteiger partial charge in [0, 0.05) is 43.6 Å². The van der Waals surface area contributed by atoms with Gasteiger partial charge in [-0.1, -0.05) is 17.8 Å². The van der Waals surface area contributed by atoms with E-state index in [9.17, 15) is 4.79 Å². The van der Waals surface area contributed by atoms with E-state index in [0.717, 1.165) is 37.9 Å². The molecule has 1 aliphatic rings. The van der Waals surface area contributed by atoms with E-state index in [1.807, 2.05) is 9.47 Å². The molecule has 0 aromatic carbocycles. The first-order valence-electron chi connectivity index (χ1n) is 8.18. The number of nitrogens with zero attached hydrogens (tertiary/aromatic N) is 5. The van der Waals surface area contributed by atoms with Crippen molar-refractivity contribution >= 4 is 29.0 Å². The zero-order chi connectivity index (χ0) is 16.9. The highest BCUT2D eigenvalue weighted by Crippen LogP contribution is 2.20. The summed E-state index contributed by atoms with van der Waals surface area (Å²) in [6.45, 7) is 8.66. The second kappa shape index (κ2) is 8.13. The van der Waals surface area contributed by atoms with Crippen molar-refractivity contribution in [3.8, 4) is 0 Å². The van der Waals surface area contributed by atoms with Crippen LogP contribution in [0.1, 0.15) is 24.8 Å². The zero-order valence-electron chi connectivity index (χ0n) is 14.1. The second-order valence-corrected chi connectivity index (χ2v) is 8.11. The monoisotopic (exact) mass is 365 g/mol. The number of carbonyl (C=O) groups is 1. The molecule has 3 heterocycles. The summed E-state index contributed by atoms with van der Waals surface area (Å²) in [6.07, 6.45) is 1.72. The summed E-state index contributed by atoms with van der Waals surface area (Å²) in [5, 5.41) is 11.0. The lowest BCUT2D eigenvalue weighted by atomic mass is 10.3. The third-order valence-corrected chi connectivity index (χ3v) is 5.91. The Bertz CT molecular complexity index is 647. The fourth-order valence-corrected chi connectivity index (χ4v) is 4.38. The molecule has 24 heavy (non-hydrogen) atoms. The molecule has 1 amide bonds. The lowest BCUT2D eigenvalue weighted by Gasteiger charge is -2.34. The fraction of sp³-hybridized carbons (Fsp3) is 0.562. The Balaban J connectivity index is 1.44. The maximum Gasteiger partial charge on any atom is 0.233 e. The van der Waals surface area contributed by atoms with Crippen molar-refractivity contribution in [3.63, 3.8) is 0 Å². The molecule has 2 aromatic heterocycles. The molecule has 3 rings (SSSR count). The van der Waals surface area contributed by atoms with E-state index in [1.165, 1.54) is 16.6 Å². The standard InChI is InChI=1S/C16H23N5OS2/c1-13(2)21-12-17-18-16(21)24-11-15(22)20-7-5-19(6-8-20)10-14-4-3-9-23-14/h3-4,9,12-13H,5-8,10-11H2,1-2H3. The minimum atomic E-state index is 0.189. The van der Waals surface area contributed by atoms with Crippen molar-refractivity contribution in [1.82, 2.24) is 24.6 Å². The van der Waals surface area contributed by atoms with Crippen LogP contribution in [0.3, 0.4) is 0 Å². The lowest BCUT2D eigenvalue weighted by Crippen LogP contribution is -2.48. The molecule has 0 spiro atoms. The van der Waals surface area contributed by atoms with Crippen LogP contribution in [0.25, 0.3) is 0 Å². The van der Waals surface area contributed by atoms with Crippen molar-refractivity contribution in [1.29, 1.82) is 0 Å². The van der Waals surface area contributed by atoms with Gasteiger partial charge in [0.15, 0.2) is 5.16 Å². The van der Waals surface area contributed by atoms with E-state index in [4.69, 9.17) is 0 Å². The molecule has 0 bridgehead atoms. The van der Waals surface area contributed by atoms with Gasteiger partial charge in [-0.3, -0.25) is 9.69 Å². The molecule has 0 N–H and O–H groups in total. The van der Waals surface area contributed by atoms with Crippen LogP contribution in [0.4, 0.5) is 0 Å². The number of rotatable bonds is 6. The zero-order valence-corrected chi connectivity index (χ0v) is 15.7. The minimum absolute atomic E-state index is 0.189. The Labute approximate surface area is 150 Å². The number of hydrogen-bond acceptors (Lipinski definition) is 6. The second-order valence-electron chi connectivity index (χ2n) is 6.14. The van der Waals surface area contributed by atoms with E-state index in [-0.39, 0.29) is 5.91 Å². The fourth-order valence-electron chi connectivity index (χ4n) is 2.69. The number of amides is 1. The van der Waals surface area contributed by atoms with Gasteiger partial charge in [0.2, 0.25) is 5.91 Å².